The largest absolute Gasteiger partial charge is 0.311 e. The zero-order chi connectivity index (χ0) is 8.10. The summed E-state index contributed by atoms with van der Waals surface area (Å²) >= 11 is 0. The van der Waals surface area contributed by atoms with E-state index >= 15 is 0 Å². The van der Waals surface area contributed by atoms with Gasteiger partial charge in [-0.05, 0) is 12.8 Å². The molecule has 3 nitrogen and oxygen atoms in total. The number of hydrazine groups is 1. The van der Waals surface area contributed by atoms with Crippen LogP contribution in [-0.4, -0.2) is 17.3 Å². The van der Waals surface area contributed by atoms with Crippen LogP contribution in [0.2, 0.25) is 0 Å². The van der Waals surface area contributed by atoms with Gasteiger partial charge in [-0.15, -0.1) is 0 Å². The van der Waals surface area contributed by atoms with Crippen LogP contribution in [0, 0.1) is 0 Å². The molecule has 1 rings (SSSR count). The lowest BCUT2D eigenvalue weighted by atomic mass is 10.1. The van der Waals surface area contributed by atoms with Crippen LogP contribution in [0.3, 0.4) is 0 Å². The monoisotopic (exact) mass is 153 g/mol. The van der Waals surface area contributed by atoms with Gasteiger partial charge in [0, 0.05) is 18.1 Å². The first-order valence-corrected chi connectivity index (χ1v) is 4.06. The van der Waals surface area contributed by atoms with Crippen molar-refractivity contribution >= 4 is 5.71 Å². The fourth-order valence-corrected chi connectivity index (χ4v) is 1.05. The van der Waals surface area contributed by atoms with Gasteiger partial charge in [0.15, 0.2) is 0 Å². The third-order valence-electron chi connectivity index (χ3n) is 1.70. The molecule has 0 amide bonds. The molecule has 2 N–H and O–H groups in total. The van der Waals surface area contributed by atoms with E-state index in [2.05, 4.69) is 11.9 Å². The van der Waals surface area contributed by atoms with Crippen molar-refractivity contribution in [2.75, 3.05) is 6.54 Å². The van der Waals surface area contributed by atoms with Gasteiger partial charge < -0.3 is 5.01 Å². The van der Waals surface area contributed by atoms with Crippen LogP contribution in [-0.2, 0) is 0 Å². The number of hydrogen-bond donors (Lipinski definition) is 1. The molecule has 0 bridgehead atoms. The first kappa shape index (κ1) is 8.27. The van der Waals surface area contributed by atoms with E-state index in [4.69, 9.17) is 5.84 Å². The molecule has 1 heterocycles. The predicted molar refractivity (Wildman–Crippen MR) is 47.0 cm³/mol. The highest BCUT2D eigenvalue weighted by atomic mass is 15.4. The van der Waals surface area contributed by atoms with Gasteiger partial charge in [0.25, 0.3) is 0 Å². The molecule has 0 unspecified atom stereocenters. The molecule has 0 aliphatic carbocycles. The molecule has 0 spiro atoms. The summed E-state index contributed by atoms with van der Waals surface area (Å²) < 4.78 is 0. The Labute approximate surface area is 67.6 Å². The lowest BCUT2D eigenvalue weighted by Crippen LogP contribution is -2.32. The van der Waals surface area contributed by atoms with Crippen molar-refractivity contribution < 1.29 is 0 Å². The van der Waals surface area contributed by atoms with E-state index in [1.54, 1.807) is 17.4 Å². The average Bonchev–Trinajstić information content (AvgIpc) is 2.01. The van der Waals surface area contributed by atoms with Crippen molar-refractivity contribution in [3.8, 4) is 0 Å². The van der Waals surface area contributed by atoms with Crippen molar-refractivity contribution in [1.29, 1.82) is 0 Å². The fourth-order valence-electron chi connectivity index (χ4n) is 1.05. The smallest absolute Gasteiger partial charge is 0.0719 e. The normalized spacial score (nSPS) is 16.9. The second-order valence-corrected chi connectivity index (χ2v) is 2.77. The maximum atomic E-state index is 5.56. The van der Waals surface area contributed by atoms with Crippen LogP contribution in [0.1, 0.15) is 26.2 Å². The van der Waals surface area contributed by atoms with E-state index in [0.717, 1.165) is 13.0 Å². The number of hydrogen-bond acceptors (Lipinski definition) is 3. The molecule has 3 heteroatoms. The molecule has 0 aromatic carbocycles. The molecule has 1 aliphatic heterocycles. The van der Waals surface area contributed by atoms with Crippen molar-refractivity contribution in [3.05, 3.63) is 12.4 Å². The SMILES string of the molecule is CCCCC1=NC=CN(N)C1. The van der Waals surface area contributed by atoms with E-state index in [1.165, 1.54) is 18.6 Å². The fraction of sp³-hybridized carbons (Fsp3) is 0.625. The number of aliphatic imine (C=N–C) groups is 1. The Balaban J connectivity index is 2.33. The molecule has 0 radical (unpaired) electrons. The Morgan fingerprint density at radius 1 is 1.73 bits per heavy atom. The van der Waals surface area contributed by atoms with Gasteiger partial charge in [-0.3, -0.25) is 4.99 Å². The molecule has 0 saturated heterocycles. The van der Waals surface area contributed by atoms with Gasteiger partial charge in [-0.25, -0.2) is 5.84 Å². The van der Waals surface area contributed by atoms with Gasteiger partial charge >= 0.3 is 0 Å². The minimum absolute atomic E-state index is 0.788. The van der Waals surface area contributed by atoms with Gasteiger partial charge in [0.05, 0.1) is 6.54 Å². The molecule has 0 aromatic heterocycles. The highest BCUT2D eigenvalue weighted by Gasteiger charge is 2.03. The van der Waals surface area contributed by atoms with Crippen LogP contribution < -0.4 is 5.84 Å². The predicted octanol–water partition coefficient (Wildman–Crippen LogP) is 1.28. The Kier molecular flexibility index (Phi) is 3.11. The van der Waals surface area contributed by atoms with Crippen LogP contribution in [0.15, 0.2) is 17.4 Å². The van der Waals surface area contributed by atoms with Crippen molar-refractivity contribution in [2.24, 2.45) is 10.8 Å². The summed E-state index contributed by atoms with van der Waals surface area (Å²) in [6.45, 7) is 2.97. The molecule has 0 fully saturated rings. The molecule has 0 saturated carbocycles. The zero-order valence-electron chi connectivity index (χ0n) is 6.95. The Bertz CT molecular complexity index is 172. The first-order valence-electron chi connectivity index (χ1n) is 4.06. The second-order valence-electron chi connectivity index (χ2n) is 2.77. The summed E-state index contributed by atoms with van der Waals surface area (Å²) in [7, 11) is 0. The number of nitrogens with two attached hydrogens (primary N) is 1. The minimum Gasteiger partial charge on any atom is -0.311 e. The van der Waals surface area contributed by atoms with Crippen LogP contribution in [0.5, 0.6) is 0 Å². The molecule has 1 aliphatic rings. The molecular weight excluding hydrogens is 138 g/mol. The van der Waals surface area contributed by atoms with Crippen LogP contribution in [0.25, 0.3) is 0 Å². The first-order chi connectivity index (χ1) is 5.33. The summed E-state index contributed by atoms with van der Waals surface area (Å²) in [4.78, 5) is 4.23. The van der Waals surface area contributed by atoms with E-state index in [1.807, 2.05) is 0 Å². The van der Waals surface area contributed by atoms with Gasteiger partial charge in [0.2, 0.25) is 0 Å². The van der Waals surface area contributed by atoms with E-state index < -0.39 is 0 Å². The molecule has 0 atom stereocenters. The van der Waals surface area contributed by atoms with Crippen LogP contribution >= 0.6 is 0 Å². The lowest BCUT2D eigenvalue weighted by Gasteiger charge is -2.17. The van der Waals surface area contributed by atoms with Crippen molar-refractivity contribution in [1.82, 2.24) is 5.01 Å². The highest BCUT2D eigenvalue weighted by Crippen LogP contribution is 2.02. The highest BCUT2D eigenvalue weighted by molar-refractivity contribution is 5.87. The number of unbranched alkanes of at least 4 members (excludes halogenated alkanes) is 1. The number of rotatable bonds is 3. The quantitative estimate of drug-likeness (QED) is 0.620. The molecular formula is C8H15N3. The molecule has 0 aromatic rings. The second kappa shape index (κ2) is 4.13. The molecule has 11 heavy (non-hydrogen) atoms. The maximum absolute atomic E-state index is 5.56. The van der Waals surface area contributed by atoms with Crippen molar-refractivity contribution in [3.63, 3.8) is 0 Å². The van der Waals surface area contributed by atoms with E-state index in [9.17, 15) is 0 Å². The standard InChI is InChI=1S/C8H15N3/c1-2-3-4-8-7-11(9)6-5-10-8/h5-6H,2-4,7,9H2,1H3. The number of nitrogens with zero attached hydrogens (tertiary/aromatic N) is 2. The third-order valence-corrected chi connectivity index (χ3v) is 1.70. The summed E-state index contributed by atoms with van der Waals surface area (Å²) in [5.74, 6) is 5.56. The Morgan fingerprint density at radius 2 is 2.55 bits per heavy atom. The molecule has 62 valence electrons. The topological polar surface area (TPSA) is 41.6 Å². The summed E-state index contributed by atoms with van der Waals surface area (Å²) in [5, 5.41) is 1.66. The summed E-state index contributed by atoms with van der Waals surface area (Å²) in [5.41, 5.74) is 1.19. The van der Waals surface area contributed by atoms with Gasteiger partial charge in [0.1, 0.15) is 0 Å². The average molecular weight is 153 g/mol. The zero-order valence-corrected chi connectivity index (χ0v) is 6.95. The van der Waals surface area contributed by atoms with E-state index in [-0.39, 0.29) is 0 Å². The summed E-state index contributed by atoms with van der Waals surface area (Å²) in [6.07, 6.45) is 7.05. The van der Waals surface area contributed by atoms with Crippen molar-refractivity contribution in [2.45, 2.75) is 26.2 Å². The van der Waals surface area contributed by atoms with Crippen LogP contribution in [0.4, 0.5) is 0 Å². The van der Waals surface area contributed by atoms with Gasteiger partial charge in [-0.1, -0.05) is 13.3 Å². The Morgan fingerprint density at radius 3 is 3.18 bits per heavy atom. The minimum atomic E-state index is 0.788. The lowest BCUT2D eigenvalue weighted by molar-refractivity contribution is 0.441. The van der Waals surface area contributed by atoms with E-state index in [0.29, 0.717) is 0 Å². The van der Waals surface area contributed by atoms with Gasteiger partial charge in [-0.2, -0.15) is 0 Å². The third kappa shape index (κ3) is 2.72. The Hall–Kier alpha value is -0.830. The summed E-state index contributed by atoms with van der Waals surface area (Å²) in [6, 6.07) is 0. The maximum Gasteiger partial charge on any atom is 0.0719 e.